The zero-order chi connectivity index (χ0) is 16.2. The van der Waals surface area contributed by atoms with Crippen molar-refractivity contribution >= 4 is 10.9 Å². The molecule has 0 aliphatic heterocycles. The zero-order valence-electron chi connectivity index (χ0n) is 13.6. The van der Waals surface area contributed by atoms with Gasteiger partial charge in [0.25, 0.3) is 0 Å². The van der Waals surface area contributed by atoms with Gasteiger partial charge >= 0.3 is 0 Å². The Balaban J connectivity index is 1.99. The molecule has 3 rings (SSSR count). The van der Waals surface area contributed by atoms with E-state index in [0.29, 0.717) is 25.6 Å². The van der Waals surface area contributed by atoms with Crippen LogP contribution in [0.5, 0.6) is 5.75 Å². The van der Waals surface area contributed by atoms with E-state index in [1.165, 1.54) is 0 Å². The van der Waals surface area contributed by atoms with Crippen LogP contribution in [0.4, 0.5) is 0 Å². The third-order valence-corrected chi connectivity index (χ3v) is 3.58. The van der Waals surface area contributed by atoms with Crippen molar-refractivity contribution in [3.63, 3.8) is 0 Å². The fourth-order valence-electron chi connectivity index (χ4n) is 2.47. The SMILES string of the molecule is CCOCCOc1cccc2c(C)cc(-c3cc(C)no3)nc12. The van der Waals surface area contributed by atoms with E-state index in [1.54, 1.807) is 0 Å². The summed E-state index contributed by atoms with van der Waals surface area (Å²) in [7, 11) is 0. The minimum atomic E-state index is 0.499. The van der Waals surface area contributed by atoms with Gasteiger partial charge in [0.15, 0.2) is 5.76 Å². The van der Waals surface area contributed by atoms with E-state index in [1.807, 2.05) is 44.2 Å². The van der Waals surface area contributed by atoms with Gasteiger partial charge in [0.05, 0.1) is 12.3 Å². The third-order valence-electron chi connectivity index (χ3n) is 3.58. The van der Waals surface area contributed by atoms with Crippen molar-refractivity contribution in [1.29, 1.82) is 0 Å². The molecule has 0 aliphatic carbocycles. The smallest absolute Gasteiger partial charge is 0.185 e. The molecule has 0 aliphatic rings. The molecule has 0 atom stereocenters. The number of fused-ring (bicyclic) bond motifs is 1. The van der Waals surface area contributed by atoms with E-state index in [9.17, 15) is 0 Å². The van der Waals surface area contributed by atoms with Crippen LogP contribution in [0.1, 0.15) is 18.2 Å². The molecule has 0 unspecified atom stereocenters. The maximum Gasteiger partial charge on any atom is 0.185 e. The van der Waals surface area contributed by atoms with E-state index in [-0.39, 0.29) is 0 Å². The molecule has 0 amide bonds. The highest BCUT2D eigenvalue weighted by molar-refractivity contribution is 5.89. The molecular formula is C18H20N2O3. The molecule has 0 N–H and O–H groups in total. The molecule has 0 spiro atoms. The van der Waals surface area contributed by atoms with Crippen molar-refractivity contribution < 1.29 is 14.0 Å². The minimum absolute atomic E-state index is 0.499. The van der Waals surface area contributed by atoms with Crippen molar-refractivity contribution in [2.24, 2.45) is 0 Å². The van der Waals surface area contributed by atoms with E-state index in [4.69, 9.17) is 19.0 Å². The standard InChI is InChI=1S/C18H20N2O3/c1-4-21-8-9-22-16-7-5-6-14-12(2)10-15(19-18(14)16)17-11-13(3)20-23-17/h5-7,10-11H,4,8-9H2,1-3H3. The van der Waals surface area contributed by atoms with Gasteiger partial charge in [0.2, 0.25) is 0 Å². The number of pyridine rings is 1. The Morgan fingerprint density at radius 2 is 2.00 bits per heavy atom. The van der Waals surface area contributed by atoms with Crippen molar-refractivity contribution in [3.05, 3.63) is 41.6 Å². The van der Waals surface area contributed by atoms with Crippen molar-refractivity contribution in [2.45, 2.75) is 20.8 Å². The van der Waals surface area contributed by atoms with Crippen LogP contribution in [0.3, 0.4) is 0 Å². The summed E-state index contributed by atoms with van der Waals surface area (Å²) in [5.41, 5.74) is 3.54. The van der Waals surface area contributed by atoms with Gasteiger partial charge in [0, 0.05) is 18.1 Å². The lowest BCUT2D eigenvalue weighted by Crippen LogP contribution is -2.07. The normalized spacial score (nSPS) is 11.1. The van der Waals surface area contributed by atoms with Crippen molar-refractivity contribution in [3.8, 4) is 17.2 Å². The first kappa shape index (κ1) is 15.5. The molecule has 0 fully saturated rings. The predicted octanol–water partition coefficient (Wildman–Crippen LogP) is 3.92. The number of para-hydroxylation sites is 1. The molecule has 0 saturated carbocycles. The van der Waals surface area contributed by atoms with Crippen LogP contribution in [0.25, 0.3) is 22.4 Å². The molecule has 0 radical (unpaired) electrons. The summed E-state index contributed by atoms with van der Waals surface area (Å²) >= 11 is 0. The van der Waals surface area contributed by atoms with Crippen molar-refractivity contribution in [1.82, 2.24) is 10.1 Å². The van der Waals surface area contributed by atoms with E-state index >= 15 is 0 Å². The van der Waals surface area contributed by atoms with Crippen LogP contribution >= 0.6 is 0 Å². The van der Waals surface area contributed by atoms with Crippen LogP contribution in [-0.4, -0.2) is 30.0 Å². The lowest BCUT2D eigenvalue weighted by molar-refractivity contribution is 0.110. The number of ether oxygens (including phenoxy) is 2. The Hall–Kier alpha value is -2.40. The molecular weight excluding hydrogens is 292 g/mol. The number of hydrogen-bond acceptors (Lipinski definition) is 5. The second-order valence-electron chi connectivity index (χ2n) is 5.35. The summed E-state index contributed by atoms with van der Waals surface area (Å²) in [6.07, 6.45) is 0. The highest BCUT2D eigenvalue weighted by Crippen LogP contribution is 2.30. The van der Waals surface area contributed by atoms with Gasteiger partial charge in [0.1, 0.15) is 23.6 Å². The molecule has 1 aromatic carbocycles. The highest BCUT2D eigenvalue weighted by Gasteiger charge is 2.12. The Bertz CT molecular complexity index is 811. The Morgan fingerprint density at radius 1 is 1.13 bits per heavy atom. The molecule has 5 nitrogen and oxygen atoms in total. The Morgan fingerprint density at radius 3 is 2.74 bits per heavy atom. The van der Waals surface area contributed by atoms with Gasteiger partial charge in [-0.15, -0.1) is 0 Å². The van der Waals surface area contributed by atoms with Gasteiger partial charge in [-0.2, -0.15) is 0 Å². The molecule has 5 heteroatoms. The lowest BCUT2D eigenvalue weighted by atomic mass is 10.1. The van der Waals surface area contributed by atoms with Gasteiger partial charge in [-0.1, -0.05) is 17.3 Å². The Labute approximate surface area is 135 Å². The molecule has 120 valence electrons. The first-order chi connectivity index (χ1) is 11.2. The summed E-state index contributed by atoms with van der Waals surface area (Å²) < 4.78 is 16.5. The van der Waals surface area contributed by atoms with E-state index in [2.05, 4.69) is 12.1 Å². The molecule has 3 aromatic rings. The molecule has 23 heavy (non-hydrogen) atoms. The molecule has 2 heterocycles. The van der Waals surface area contributed by atoms with E-state index < -0.39 is 0 Å². The summed E-state index contributed by atoms with van der Waals surface area (Å²) in [6, 6.07) is 9.84. The summed E-state index contributed by atoms with van der Waals surface area (Å²) in [5.74, 6) is 1.42. The van der Waals surface area contributed by atoms with Gasteiger partial charge in [-0.25, -0.2) is 4.98 Å². The second-order valence-corrected chi connectivity index (χ2v) is 5.35. The molecule has 2 aromatic heterocycles. The second kappa shape index (κ2) is 6.79. The van der Waals surface area contributed by atoms with Crippen molar-refractivity contribution in [2.75, 3.05) is 19.8 Å². The highest BCUT2D eigenvalue weighted by atomic mass is 16.5. The summed E-state index contributed by atoms with van der Waals surface area (Å²) in [4.78, 5) is 4.72. The molecule has 0 saturated heterocycles. The van der Waals surface area contributed by atoms with Crippen LogP contribution in [-0.2, 0) is 4.74 Å². The molecule has 0 bridgehead atoms. The number of aromatic nitrogens is 2. The van der Waals surface area contributed by atoms with E-state index in [0.717, 1.165) is 33.6 Å². The first-order valence-corrected chi connectivity index (χ1v) is 7.73. The first-order valence-electron chi connectivity index (χ1n) is 7.73. The average molecular weight is 312 g/mol. The fraction of sp³-hybridized carbons (Fsp3) is 0.333. The maximum absolute atomic E-state index is 5.84. The number of hydrogen-bond donors (Lipinski definition) is 0. The Kier molecular flexibility index (Phi) is 4.57. The van der Waals surface area contributed by atoms with Gasteiger partial charge < -0.3 is 14.0 Å². The quantitative estimate of drug-likeness (QED) is 0.646. The van der Waals surface area contributed by atoms with Crippen LogP contribution in [0.15, 0.2) is 34.9 Å². The number of rotatable bonds is 6. The van der Waals surface area contributed by atoms with Gasteiger partial charge in [-0.3, -0.25) is 0 Å². The van der Waals surface area contributed by atoms with Crippen LogP contribution < -0.4 is 4.74 Å². The monoisotopic (exact) mass is 312 g/mol. The minimum Gasteiger partial charge on any atom is -0.489 e. The third kappa shape index (κ3) is 3.35. The average Bonchev–Trinajstić information content (AvgIpc) is 2.98. The number of benzene rings is 1. The topological polar surface area (TPSA) is 57.4 Å². The maximum atomic E-state index is 5.84. The largest absolute Gasteiger partial charge is 0.489 e. The predicted molar refractivity (Wildman–Crippen MR) is 88.7 cm³/mol. The van der Waals surface area contributed by atoms with Crippen LogP contribution in [0, 0.1) is 13.8 Å². The van der Waals surface area contributed by atoms with Crippen LogP contribution in [0.2, 0.25) is 0 Å². The number of aryl methyl sites for hydroxylation is 2. The summed E-state index contributed by atoms with van der Waals surface area (Å²) in [5, 5.41) is 5.00. The fourth-order valence-corrected chi connectivity index (χ4v) is 2.47. The zero-order valence-corrected chi connectivity index (χ0v) is 13.6. The number of nitrogens with zero attached hydrogens (tertiary/aromatic N) is 2. The summed E-state index contributed by atoms with van der Waals surface area (Å²) in [6.45, 7) is 7.66. The lowest BCUT2D eigenvalue weighted by Gasteiger charge is -2.11. The van der Waals surface area contributed by atoms with Gasteiger partial charge in [-0.05, 0) is 38.5 Å².